The van der Waals surface area contributed by atoms with Gasteiger partial charge in [0, 0.05) is 13.1 Å². The molecule has 16 heavy (non-hydrogen) atoms. The van der Waals surface area contributed by atoms with Crippen molar-refractivity contribution in [1.82, 2.24) is 9.80 Å². The van der Waals surface area contributed by atoms with Crippen LogP contribution in [0, 0.1) is 0 Å². The number of nitrogens with two attached hydrogens (primary N) is 1. The summed E-state index contributed by atoms with van der Waals surface area (Å²) in [5.41, 5.74) is 5.44. The van der Waals surface area contributed by atoms with Gasteiger partial charge in [0.1, 0.15) is 0 Å². The van der Waals surface area contributed by atoms with Crippen LogP contribution in [-0.4, -0.2) is 55.5 Å². The molecule has 0 rings (SSSR count). The molecule has 0 fully saturated rings. The standard InChI is InChI=1S/C12H27N3O/c1-4-8-15(9-5-2)12(16)11-14(3)10-6-7-13/h4-11,13H2,1-3H3. The van der Waals surface area contributed by atoms with Crippen LogP contribution in [0.3, 0.4) is 0 Å². The van der Waals surface area contributed by atoms with Gasteiger partial charge in [-0.2, -0.15) is 0 Å². The minimum atomic E-state index is 0.239. The maximum Gasteiger partial charge on any atom is 0.236 e. The molecule has 96 valence electrons. The number of nitrogens with zero attached hydrogens (tertiary/aromatic N) is 2. The van der Waals surface area contributed by atoms with Crippen LogP contribution in [0.2, 0.25) is 0 Å². The Bertz CT molecular complexity index is 179. The molecule has 0 atom stereocenters. The normalized spacial score (nSPS) is 10.8. The molecular weight excluding hydrogens is 202 g/mol. The van der Waals surface area contributed by atoms with E-state index in [0.29, 0.717) is 13.1 Å². The van der Waals surface area contributed by atoms with Gasteiger partial charge in [-0.1, -0.05) is 13.8 Å². The monoisotopic (exact) mass is 229 g/mol. The van der Waals surface area contributed by atoms with Gasteiger partial charge in [0.25, 0.3) is 0 Å². The number of carbonyl (C=O) groups excluding carboxylic acids is 1. The Morgan fingerprint density at radius 1 is 1.12 bits per heavy atom. The van der Waals surface area contributed by atoms with Crippen molar-refractivity contribution in [2.24, 2.45) is 5.73 Å². The highest BCUT2D eigenvalue weighted by Gasteiger charge is 2.13. The number of hydrogen-bond acceptors (Lipinski definition) is 3. The fraction of sp³-hybridized carbons (Fsp3) is 0.917. The largest absolute Gasteiger partial charge is 0.342 e. The first-order valence-electron chi connectivity index (χ1n) is 6.32. The van der Waals surface area contributed by atoms with Crippen LogP contribution >= 0.6 is 0 Å². The smallest absolute Gasteiger partial charge is 0.236 e. The van der Waals surface area contributed by atoms with Gasteiger partial charge >= 0.3 is 0 Å². The van der Waals surface area contributed by atoms with Crippen LogP contribution in [0.4, 0.5) is 0 Å². The average Bonchev–Trinajstić information content (AvgIpc) is 2.26. The molecule has 0 aromatic carbocycles. The number of hydrogen-bond donors (Lipinski definition) is 1. The van der Waals surface area contributed by atoms with Gasteiger partial charge in [0.2, 0.25) is 5.91 Å². The van der Waals surface area contributed by atoms with Crippen molar-refractivity contribution >= 4 is 5.91 Å². The molecule has 0 spiro atoms. The maximum atomic E-state index is 11.9. The molecule has 0 bridgehead atoms. The van der Waals surface area contributed by atoms with E-state index in [4.69, 9.17) is 5.73 Å². The first-order chi connectivity index (χ1) is 7.65. The van der Waals surface area contributed by atoms with Crippen molar-refractivity contribution in [1.29, 1.82) is 0 Å². The van der Waals surface area contributed by atoms with Gasteiger partial charge in [0.05, 0.1) is 6.54 Å². The highest BCUT2D eigenvalue weighted by atomic mass is 16.2. The minimum absolute atomic E-state index is 0.239. The summed E-state index contributed by atoms with van der Waals surface area (Å²) in [6, 6.07) is 0. The second kappa shape index (κ2) is 9.60. The molecule has 0 aliphatic heterocycles. The summed E-state index contributed by atoms with van der Waals surface area (Å²) in [6.45, 7) is 8.05. The van der Waals surface area contributed by atoms with Crippen molar-refractivity contribution in [2.45, 2.75) is 33.1 Å². The Morgan fingerprint density at radius 3 is 2.12 bits per heavy atom. The van der Waals surface area contributed by atoms with Crippen LogP contribution in [0.15, 0.2) is 0 Å². The summed E-state index contributed by atoms with van der Waals surface area (Å²) in [6.07, 6.45) is 3.00. The zero-order valence-electron chi connectivity index (χ0n) is 11.0. The molecule has 0 unspecified atom stereocenters. The van der Waals surface area contributed by atoms with Gasteiger partial charge in [-0.25, -0.2) is 0 Å². The number of amides is 1. The average molecular weight is 229 g/mol. The summed E-state index contributed by atoms with van der Waals surface area (Å²) < 4.78 is 0. The first-order valence-corrected chi connectivity index (χ1v) is 6.32. The molecule has 4 nitrogen and oxygen atoms in total. The molecule has 2 N–H and O–H groups in total. The van der Waals surface area contributed by atoms with Gasteiger partial charge in [-0.05, 0) is 39.4 Å². The molecule has 0 aliphatic carbocycles. The highest BCUT2D eigenvalue weighted by Crippen LogP contribution is 1.97. The van der Waals surface area contributed by atoms with Crippen molar-refractivity contribution in [3.63, 3.8) is 0 Å². The Kier molecular flexibility index (Phi) is 9.24. The lowest BCUT2D eigenvalue weighted by atomic mass is 10.3. The van der Waals surface area contributed by atoms with E-state index in [-0.39, 0.29) is 5.91 Å². The molecule has 0 aromatic heterocycles. The van der Waals surface area contributed by atoms with Crippen LogP contribution < -0.4 is 5.73 Å². The van der Waals surface area contributed by atoms with E-state index in [1.54, 1.807) is 0 Å². The topological polar surface area (TPSA) is 49.6 Å². The second-order valence-electron chi connectivity index (χ2n) is 4.26. The highest BCUT2D eigenvalue weighted by molar-refractivity contribution is 5.78. The molecular formula is C12H27N3O. The SMILES string of the molecule is CCCN(CCC)C(=O)CN(C)CCCN. The van der Waals surface area contributed by atoms with Gasteiger partial charge < -0.3 is 10.6 Å². The van der Waals surface area contributed by atoms with E-state index in [2.05, 4.69) is 13.8 Å². The Morgan fingerprint density at radius 2 is 1.69 bits per heavy atom. The Labute approximate surface area is 99.8 Å². The molecule has 0 radical (unpaired) electrons. The number of rotatable bonds is 9. The third-order valence-electron chi connectivity index (χ3n) is 2.49. The van der Waals surface area contributed by atoms with Crippen molar-refractivity contribution in [3.05, 3.63) is 0 Å². The molecule has 0 aromatic rings. The van der Waals surface area contributed by atoms with Crippen LogP contribution in [-0.2, 0) is 4.79 Å². The third kappa shape index (κ3) is 6.80. The summed E-state index contributed by atoms with van der Waals surface area (Å²) in [7, 11) is 1.98. The van der Waals surface area contributed by atoms with Crippen LogP contribution in [0.5, 0.6) is 0 Å². The summed E-state index contributed by atoms with van der Waals surface area (Å²) in [4.78, 5) is 16.0. The molecule has 0 saturated carbocycles. The lowest BCUT2D eigenvalue weighted by molar-refractivity contribution is -0.132. The van der Waals surface area contributed by atoms with E-state index >= 15 is 0 Å². The summed E-state index contributed by atoms with van der Waals surface area (Å²) >= 11 is 0. The fourth-order valence-electron chi connectivity index (χ4n) is 1.67. The fourth-order valence-corrected chi connectivity index (χ4v) is 1.67. The van der Waals surface area contributed by atoms with E-state index in [0.717, 1.165) is 38.9 Å². The lowest BCUT2D eigenvalue weighted by Crippen LogP contribution is -2.40. The summed E-state index contributed by atoms with van der Waals surface area (Å²) in [5, 5.41) is 0. The molecule has 4 heteroatoms. The van der Waals surface area contributed by atoms with Gasteiger partial charge in [-0.15, -0.1) is 0 Å². The van der Waals surface area contributed by atoms with Gasteiger partial charge in [-0.3, -0.25) is 9.69 Å². The van der Waals surface area contributed by atoms with Crippen LogP contribution in [0.25, 0.3) is 0 Å². The van der Waals surface area contributed by atoms with Crippen LogP contribution in [0.1, 0.15) is 33.1 Å². The number of likely N-dealkylation sites (N-methyl/N-ethyl adjacent to an activating group) is 1. The molecule has 0 heterocycles. The van der Waals surface area contributed by atoms with E-state index in [1.807, 2.05) is 16.8 Å². The van der Waals surface area contributed by atoms with Crippen molar-refractivity contribution in [3.8, 4) is 0 Å². The van der Waals surface area contributed by atoms with E-state index in [9.17, 15) is 4.79 Å². The summed E-state index contributed by atoms with van der Waals surface area (Å²) in [5.74, 6) is 0.239. The second-order valence-corrected chi connectivity index (χ2v) is 4.26. The molecule has 1 amide bonds. The molecule has 0 aliphatic rings. The maximum absolute atomic E-state index is 11.9. The predicted molar refractivity (Wildman–Crippen MR) is 68.3 cm³/mol. The zero-order valence-corrected chi connectivity index (χ0v) is 11.0. The third-order valence-corrected chi connectivity index (χ3v) is 2.49. The first kappa shape index (κ1) is 15.4. The Hall–Kier alpha value is -0.610. The Balaban J connectivity index is 3.97. The lowest BCUT2D eigenvalue weighted by Gasteiger charge is -2.24. The number of carbonyl (C=O) groups is 1. The van der Waals surface area contributed by atoms with E-state index in [1.165, 1.54) is 0 Å². The predicted octanol–water partition coefficient (Wildman–Crippen LogP) is 0.916. The van der Waals surface area contributed by atoms with Crippen molar-refractivity contribution in [2.75, 3.05) is 39.8 Å². The molecule has 0 saturated heterocycles. The zero-order chi connectivity index (χ0) is 12.4. The van der Waals surface area contributed by atoms with Crippen molar-refractivity contribution < 1.29 is 4.79 Å². The van der Waals surface area contributed by atoms with Gasteiger partial charge in [0.15, 0.2) is 0 Å². The quantitative estimate of drug-likeness (QED) is 0.639. The minimum Gasteiger partial charge on any atom is -0.342 e. The van der Waals surface area contributed by atoms with E-state index < -0.39 is 0 Å².